The molecule has 4 aliphatic carbocycles. The molecule has 0 fully saturated rings. The van der Waals surface area contributed by atoms with Crippen LogP contribution in [0.3, 0.4) is 0 Å². The highest BCUT2D eigenvalue weighted by Gasteiger charge is 2.33. The number of allylic oxidation sites excluding steroid dienone is 9. The molecule has 3 atom stereocenters. The fraction of sp³-hybridized carbons (Fsp3) is 0.148. The quantitative estimate of drug-likeness (QED) is 0.163. The molecule has 4 aromatic heterocycles. The van der Waals surface area contributed by atoms with Crippen LogP contribution in [0.15, 0.2) is 140 Å². The molecule has 0 saturated heterocycles. The Morgan fingerprint density at radius 2 is 1.51 bits per heavy atom. The summed E-state index contributed by atoms with van der Waals surface area (Å²) in [6, 6.07) is 31.2. The van der Waals surface area contributed by atoms with Gasteiger partial charge in [-0.2, -0.15) is 0 Å². The van der Waals surface area contributed by atoms with Gasteiger partial charge in [-0.3, -0.25) is 4.57 Å². The molecule has 0 spiro atoms. The minimum Gasteiger partial charge on any atom is -0.313 e. The summed E-state index contributed by atoms with van der Waals surface area (Å²) in [6.07, 6.45) is 27.4. The van der Waals surface area contributed by atoms with E-state index in [0.717, 1.165) is 47.4 Å². The second-order valence-electron chi connectivity index (χ2n) is 16.6. The van der Waals surface area contributed by atoms with Crippen molar-refractivity contribution in [3.05, 3.63) is 190 Å². The molecule has 0 amide bonds. The number of nitrogens with zero attached hydrogens (tertiary/aromatic N) is 4. The van der Waals surface area contributed by atoms with Gasteiger partial charge >= 0.3 is 0 Å². The lowest BCUT2D eigenvalue weighted by atomic mass is 9.83. The molecular weight excluding hydrogens is 737 g/mol. The molecule has 12 rings (SSSR count). The highest BCUT2D eigenvalue weighted by molar-refractivity contribution is 7.20. The van der Waals surface area contributed by atoms with E-state index < -0.39 is 0 Å². The van der Waals surface area contributed by atoms with E-state index in [-0.39, 0.29) is 11.8 Å². The molecule has 4 heterocycles. The van der Waals surface area contributed by atoms with Crippen LogP contribution in [0.2, 0.25) is 0 Å². The number of hydrogen-bond donors (Lipinski definition) is 0. The third kappa shape index (κ3) is 5.20. The van der Waals surface area contributed by atoms with Gasteiger partial charge in [-0.25, -0.2) is 9.97 Å². The number of rotatable bonds is 5. The zero-order valence-corrected chi connectivity index (χ0v) is 34.0. The van der Waals surface area contributed by atoms with Crippen LogP contribution in [-0.4, -0.2) is 19.1 Å². The number of para-hydroxylation sites is 1. The van der Waals surface area contributed by atoms with Gasteiger partial charge in [-0.05, 0) is 113 Å². The summed E-state index contributed by atoms with van der Waals surface area (Å²) in [7, 11) is 0. The highest BCUT2D eigenvalue weighted by atomic mass is 32.1. The summed E-state index contributed by atoms with van der Waals surface area (Å²) in [4.78, 5) is 12.4. The van der Waals surface area contributed by atoms with E-state index in [1.54, 1.807) is 0 Å². The van der Waals surface area contributed by atoms with Crippen LogP contribution in [0.25, 0.3) is 78.6 Å². The van der Waals surface area contributed by atoms with Crippen LogP contribution in [0.5, 0.6) is 0 Å². The Hall–Kier alpha value is -6.56. The van der Waals surface area contributed by atoms with Crippen molar-refractivity contribution in [3.8, 4) is 5.95 Å². The smallest absolute Gasteiger partial charge is 0.235 e. The zero-order valence-electron chi connectivity index (χ0n) is 33.2. The SMILES string of the molecule is C=C/C=C\c1nc(-n2c3c(c4c5ccccc5ccc42)CC(C)C(n2c4c(c5ccccc52)CC2C=CC=CC2=C4)=C3)nc(C2C=Cc3sc4ccccc4c3C2)c1C. The van der Waals surface area contributed by atoms with Crippen molar-refractivity contribution >= 4 is 84.0 Å². The number of aromatic nitrogens is 4. The standard InChI is InChI=1S/C54H42N4S/c1-4-5-20-44-33(3)53(37-24-26-51-42(29-37)40-19-11-13-22-50(40)59-51)56-54(55-44)58-46-25-23-34-14-8-9-17-38(34)52(46)43-27-32(2)47(31-49(43)58)57-45-21-12-10-18-39(45)41-28-35-15-6-7-16-36(35)30-48(41)57/h4-26,30-32,35,37H,1,27-29H2,2-3H3/b20-5-. The lowest BCUT2D eigenvalue weighted by Crippen LogP contribution is -2.18. The Bertz CT molecular complexity index is 3310. The topological polar surface area (TPSA) is 35.6 Å². The molecule has 4 nitrogen and oxygen atoms in total. The van der Waals surface area contributed by atoms with Gasteiger partial charge in [0, 0.05) is 43.8 Å². The van der Waals surface area contributed by atoms with E-state index in [0.29, 0.717) is 11.9 Å². The van der Waals surface area contributed by atoms with Gasteiger partial charge in [0.2, 0.25) is 5.95 Å². The molecule has 0 aliphatic heterocycles. The predicted molar refractivity (Wildman–Crippen MR) is 250 cm³/mol. The van der Waals surface area contributed by atoms with Gasteiger partial charge in [0.25, 0.3) is 0 Å². The normalized spacial score (nSPS) is 19.3. The Kier molecular flexibility index (Phi) is 7.73. The molecule has 59 heavy (non-hydrogen) atoms. The number of benzene rings is 4. The van der Waals surface area contributed by atoms with E-state index in [4.69, 9.17) is 9.97 Å². The van der Waals surface area contributed by atoms with Gasteiger partial charge in [-0.1, -0.05) is 123 Å². The average Bonchev–Trinajstić information content (AvgIpc) is 3.92. The molecule has 4 aliphatic rings. The first-order chi connectivity index (χ1) is 29.0. The Balaban J connectivity index is 1.11. The van der Waals surface area contributed by atoms with Crippen molar-refractivity contribution in [2.75, 3.05) is 0 Å². The number of thiophene rings is 1. The Morgan fingerprint density at radius 3 is 2.41 bits per heavy atom. The van der Waals surface area contributed by atoms with Crippen LogP contribution in [0.4, 0.5) is 0 Å². The Labute approximate surface area is 347 Å². The average molecular weight is 779 g/mol. The third-order valence-electron chi connectivity index (χ3n) is 13.3. The lowest BCUT2D eigenvalue weighted by molar-refractivity contribution is 0.696. The van der Waals surface area contributed by atoms with Crippen molar-refractivity contribution in [1.29, 1.82) is 0 Å². The lowest BCUT2D eigenvalue weighted by Gasteiger charge is -2.28. The van der Waals surface area contributed by atoms with Crippen LogP contribution in [0, 0.1) is 18.8 Å². The third-order valence-corrected chi connectivity index (χ3v) is 14.4. The van der Waals surface area contributed by atoms with Gasteiger partial charge in [0.05, 0.1) is 33.8 Å². The van der Waals surface area contributed by atoms with Gasteiger partial charge in [-0.15, -0.1) is 11.3 Å². The van der Waals surface area contributed by atoms with Crippen molar-refractivity contribution < 1.29 is 0 Å². The first-order valence-corrected chi connectivity index (χ1v) is 21.7. The first-order valence-electron chi connectivity index (χ1n) is 20.9. The Morgan fingerprint density at radius 1 is 0.712 bits per heavy atom. The summed E-state index contributed by atoms with van der Waals surface area (Å²) in [5.41, 5.74) is 14.9. The second kappa shape index (κ2) is 13.2. The molecule has 0 bridgehead atoms. The molecule has 3 unspecified atom stereocenters. The van der Waals surface area contributed by atoms with E-state index in [1.165, 1.54) is 75.7 Å². The molecule has 0 saturated carbocycles. The van der Waals surface area contributed by atoms with Crippen LogP contribution < -0.4 is 0 Å². The minimum atomic E-state index is 0.112. The monoisotopic (exact) mass is 778 g/mol. The van der Waals surface area contributed by atoms with E-state index >= 15 is 0 Å². The molecule has 284 valence electrons. The second-order valence-corrected chi connectivity index (χ2v) is 17.7. The van der Waals surface area contributed by atoms with Crippen molar-refractivity contribution in [1.82, 2.24) is 19.1 Å². The number of hydrogen-bond acceptors (Lipinski definition) is 3. The zero-order chi connectivity index (χ0) is 39.4. The summed E-state index contributed by atoms with van der Waals surface area (Å²) in [6.45, 7) is 8.60. The predicted octanol–water partition coefficient (Wildman–Crippen LogP) is 13.5. The summed E-state index contributed by atoms with van der Waals surface area (Å²) >= 11 is 1.88. The van der Waals surface area contributed by atoms with Crippen LogP contribution >= 0.6 is 11.3 Å². The molecule has 4 aromatic carbocycles. The summed E-state index contributed by atoms with van der Waals surface area (Å²) in [5, 5.41) is 6.51. The molecule has 0 N–H and O–H groups in total. The number of fused-ring (bicyclic) bond motifs is 12. The van der Waals surface area contributed by atoms with Gasteiger partial charge in [0.1, 0.15) is 0 Å². The van der Waals surface area contributed by atoms with Gasteiger partial charge in [0.15, 0.2) is 0 Å². The maximum atomic E-state index is 5.64. The fourth-order valence-electron chi connectivity index (χ4n) is 10.5. The fourth-order valence-corrected chi connectivity index (χ4v) is 11.6. The molecular formula is C54H42N4S. The summed E-state index contributed by atoms with van der Waals surface area (Å²) in [5.74, 6) is 1.49. The van der Waals surface area contributed by atoms with E-state index in [1.807, 2.05) is 23.5 Å². The van der Waals surface area contributed by atoms with Crippen LogP contribution in [0.1, 0.15) is 62.7 Å². The van der Waals surface area contributed by atoms with Crippen molar-refractivity contribution in [3.63, 3.8) is 0 Å². The van der Waals surface area contributed by atoms with Crippen LogP contribution in [-0.2, 0) is 19.3 Å². The van der Waals surface area contributed by atoms with Gasteiger partial charge < -0.3 is 4.57 Å². The first kappa shape index (κ1) is 34.5. The maximum absolute atomic E-state index is 5.64. The minimum absolute atomic E-state index is 0.112. The molecule has 5 heteroatoms. The van der Waals surface area contributed by atoms with E-state index in [2.05, 4.69) is 169 Å². The molecule has 8 aromatic rings. The maximum Gasteiger partial charge on any atom is 0.235 e. The van der Waals surface area contributed by atoms with Crippen molar-refractivity contribution in [2.24, 2.45) is 11.8 Å². The highest BCUT2D eigenvalue weighted by Crippen LogP contribution is 2.47. The largest absolute Gasteiger partial charge is 0.313 e. The molecule has 0 radical (unpaired) electrons. The van der Waals surface area contributed by atoms with E-state index in [9.17, 15) is 0 Å². The summed E-state index contributed by atoms with van der Waals surface area (Å²) < 4.78 is 6.28. The van der Waals surface area contributed by atoms with Crippen molar-refractivity contribution in [2.45, 2.75) is 39.0 Å².